The molecule has 2 aromatic rings. The fourth-order valence-corrected chi connectivity index (χ4v) is 3.15. The van der Waals surface area contributed by atoms with Crippen molar-refractivity contribution in [3.05, 3.63) is 59.7 Å². The second-order valence-corrected chi connectivity index (χ2v) is 6.82. The summed E-state index contributed by atoms with van der Waals surface area (Å²) in [5, 5.41) is 39.3. The zero-order valence-corrected chi connectivity index (χ0v) is 15.8. The summed E-state index contributed by atoms with van der Waals surface area (Å²) in [7, 11) is 1.34. The van der Waals surface area contributed by atoms with Gasteiger partial charge in [-0.3, -0.25) is 4.79 Å². The molecule has 0 bridgehead atoms. The Morgan fingerprint density at radius 2 is 1.52 bits per heavy atom. The van der Waals surface area contributed by atoms with E-state index >= 15 is 0 Å². The first-order valence-electron chi connectivity index (χ1n) is 9.17. The van der Waals surface area contributed by atoms with E-state index in [1.54, 1.807) is 48.5 Å². The van der Waals surface area contributed by atoms with Gasteiger partial charge in [-0.2, -0.15) is 0 Å². The molecule has 1 fully saturated rings. The summed E-state index contributed by atoms with van der Waals surface area (Å²) in [6.45, 7) is -0.478. The van der Waals surface area contributed by atoms with Crippen molar-refractivity contribution < 1.29 is 39.4 Å². The lowest BCUT2D eigenvalue weighted by atomic mass is 9.91. The van der Waals surface area contributed by atoms with Crippen LogP contribution in [0.15, 0.2) is 48.5 Å². The van der Waals surface area contributed by atoms with Gasteiger partial charge in [-0.1, -0.05) is 24.3 Å². The van der Waals surface area contributed by atoms with Crippen LogP contribution >= 0.6 is 0 Å². The van der Waals surface area contributed by atoms with E-state index in [1.165, 1.54) is 7.11 Å². The van der Waals surface area contributed by atoms with Gasteiger partial charge in [0.15, 0.2) is 0 Å². The van der Waals surface area contributed by atoms with Crippen molar-refractivity contribution in [3.63, 3.8) is 0 Å². The van der Waals surface area contributed by atoms with E-state index in [0.717, 1.165) is 5.56 Å². The highest BCUT2D eigenvalue weighted by Crippen LogP contribution is 2.33. The Hall–Kier alpha value is -2.49. The lowest BCUT2D eigenvalue weighted by Gasteiger charge is -2.40. The molecule has 1 aliphatic heterocycles. The molecular formula is C21H24O8. The van der Waals surface area contributed by atoms with Crippen molar-refractivity contribution in [2.75, 3.05) is 13.7 Å². The van der Waals surface area contributed by atoms with E-state index in [0.29, 0.717) is 17.1 Å². The smallest absolute Gasteiger partial charge is 0.309 e. The average molecular weight is 404 g/mol. The molecule has 0 spiro atoms. The summed E-state index contributed by atoms with van der Waals surface area (Å²) >= 11 is 0. The fourth-order valence-electron chi connectivity index (χ4n) is 3.15. The van der Waals surface area contributed by atoms with E-state index in [4.69, 9.17) is 9.47 Å². The molecule has 156 valence electrons. The third kappa shape index (κ3) is 4.92. The monoisotopic (exact) mass is 404 g/mol. The summed E-state index contributed by atoms with van der Waals surface area (Å²) < 4.78 is 15.9. The van der Waals surface area contributed by atoms with Gasteiger partial charge in [0, 0.05) is 0 Å². The van der Waals surface area contributed by atoms with E-state index < -0.39 is 37.1 Å². The lowest BCUT2D eigenvalue weighted by Crippen LogP contribution is -2.55. The Labute approximate surface area is 167 Å². The van der Waals surface area contributed by atoms with Crippen LogP contribution in [0.3, 0.4) is 0 Å². The molecule has 8 nitrogen and oxygen atoms in total. The number of methoxy groups -OCH3 is 1. The Bertz CT molecular complexity index is 802. The molecule has 1 aliphatic rings. The highest BCUT2D eigenvalue weighted by Gasteiger charge is 2.43. The number of ether oxygens (including phenoxy) is 3. The van der Waals surface area contributed by atoms with Gasteiger partial charge in [-0.05, 0) is 35.4 Å². The minimum absolute atomic E-state index is 0.185. The molecule has 5 atom stereocenters. The molecule has 0 aromatic heterocycles. The Morgan fingerprint density at radius 3 is 2.07 bits per heavy atom. The normalized spacial score (nSPS) is 26.7. The minimum atomic E-state index is -1.43. The third-order valence-corrected chi connectivity index (χ3v) is 4.84. The zero-order valence-electron chi connectivity index (χ0n) is 15.8. The molecule has 0 aliphatic carbocycles. The minimum Gasteiger partial charge on any atom is -0.469 e. The molecule has 0 amide bonds. The molecule has 0 unspecified atom stereocenters. The van der Waals surface area contributed by atoms with Gasteiger partial charge in [0.25, 0.3) is 0 Å². The summed E-state index contributed by atoms with van der Waals surface area (Å²) in [6, 6.07) is 13.7. The molecular weight excluding hydrogens is 380 g/mol. The number of hydrogen-bond donors (Lipinski definition) is 4. The Balaban J connectivity index is 1.66. The summed E-state index contributed by atoms with van der Waals surface area (Å²) in [5.74, 6) is 0.806. The van der Waals surface area contributed by atoms with Crippen molar-refractivity contribution in [1.29, 1.82) is 0 Å². The van der Waals surface area contributed by atoms with E-state index in [2.05, 4.69) is 4.74 Å². The molecule has 0 saturated carbocycles. The number of rotatable bonds is 6. The van der Waals surface area contributed by atoms with Crippen molar-refractivity contribution in [1.82, 2.24) is 0 Å². The molecule has 1 heterocycles. The van der Waals surface area contributed by atoms with E-state index in [-0.39, 0.29) is 12.4 Å². The summed E-state index contributed by atoms with van der Waals surface area (Å²) in [6.07, 6.45) is -5.82. The number of carbonyl (C=O) groups is 1. The second-order valence-electron chi connectivity index (χ2n) is 6.82. The first-order chi connectivity index (χ1) is 13.9. The van der Waals surface area contributed by atoms with Crippen LogP contribution in [0.4, 0.5) is 0 Å². The lowest BCUT2D eigenvalue weighted by molar-refractivity contribution is -0.231. The fraction of sp³-hybridized carbons (Fsp3) is 0.381. The summed E-state index contributed by atoms with van der Waals surface area (Å²) in [5.41, 5.74) is 1.38. The molecule has 2 aromatic carbocycles. The van der Waals surface area contributed by atoms with E-state index in [9.17, 15) is 25.2 Å². The van der Waals surface area contributed by atoms with Crippen LogP contribution in [-0.4, -0.2) is 64.5 Å². The van der Waals surface area contributed by atoms with Gasteiger partial charge < -0.3 is 34.6 Å². The van der Waals surface area contributed by atoms with Crippen LogP contribution in [0.25, 0.3) is 0 Å². The predicted molar refractivity (Wildman–Crippen MR) is 101 cm³/mol. The van der Waals surface area contributed by atoms with Gasteiger partial charge in [0.1, 0.15) is 42.0 Å². The van der Waals surface area contributed by atoms with Crippen LogP contribution in [-0.2, 0) is 20.7 Å². The first-order valence-corrected chi connectivity index (χ1v) is 9.17. The number of hydrogen-bond acceptors (Lipinski definition) is 8. The van der Waals surface area contributed by atoms with Crippen molar-refractivity contribution >= 4 is 5.97 Å². The molecule has 1 saturated heterocycles. The molecule has 3 rings (SSSR count). The van der Waals surface area contributed by atoms with Gasteiger partial charge in [0.2, 0.25) is 0 Å². The van der Waals surface area contributed by atoms with Crippen LogP contribution in [0.2, 0.25) is 0 Å². The second kappa shape index (κ2) is 9.34. The maximum atomic E-state index is 11.3. The third-order valence-electron chi connectivity index (χ3n) is 4.84. The maximum absolute atomic E-state index is 11.3. The van der Waals surface area contributed by atoms with Crippen molar-refractivity contribution in [2.45, 2.75) is 36.9 Å². The quantitative estimate of drug-likeness (QED) is 0.519. The standard InChI is InChI=1S/C21H24O8/c1-27-17(23)10-12-2-6-14(7-3-12)28-15-8-4-13(5-9-15)21-20(26)19(25)18(24)16(11-22)29-21/h2-9,16,18-22,24-26H,10-11H2,1H3/t16-,18-,19+,20+,21-/m1/s1. The SMILES string of the molecule is COC(=O)Cc1ccc(Oc2ccc([C@H]3O[C@H](CO)[C@@H](O)[C@H](O)[C@@H]3O)cc2)cc1. The van der Waals surface area contributed by atoms with Gasteiger partial charge in [-0.15, -0.1) is 0 Å². The Kier molecular flexibility index (Phi) is 6.83. The van der Waals surface area contributed by atoms with E-state index in [1.807, 2.05) is 0 Å². The van der Waals surface area contributed by atoms with Crippen LogP contribution in [0.5, 0.6) is 11.5 Å². The van der Waals surface area contributed by atoms with Crippen LogP contribution < -0.4 is 4.74 Å². The van der Waals surface area contributed by atoms with Gasteiger partial charge in [0.05, 0.1) is 20.1 Å². The van der Waals surface area contributed by atoms with Gasteiger partial charge in [-0.25, -0.2) is 0 Å². The zero-order chi connectivity index (χ0) is 21.0. The number of benzene rings is 2. The molecule has 4 N–H and O–H groups in total. The highest BCUT2D eigenvalue weighted by atomic mass is 16.5. The van der Waals surface area contributed by atoms with Crippen LogP contribution in [0, 0.1) is 0 Å². The number of carbonyl (C=O) groups excluding carboxylic acids is 1. The number of esters is 1. The molecule has 0 radical (unpaired) electrons. The highest BCUT2D eigenvalue weighted by molar-refractivity contribution is 5.72. The molecule has 29 heavy (non-hydrogen) atoms. The van der Waals surface area contributed by atoms with Crippen molar-refractivity contribution in [2.24, 2.45) is 0 Å². The average Bonchev–Trinajstić information content (AvgIpc) is 2.74. The van der Waals surface area contributed by atoms with Crippen LogP contribution in [0.1, 0.15) is 17.2 Å². The number of aliphatic hydroxyl groups excluding tert-OH is 4. The topological polar surface area (TPSA) is 126 Å². The maximum Gasteiger partial charge on any atom is 0.309 e. The van der Waals surface area contributed by atoms with Gasteiger partial charge >= 0.3 is 5.97 Å². The summed E-state index contributed by atoms with van der Waals surface area (Å²) in [4.78, 5) is 11.3. The number of aliphatic hydroxyl groups is 4. The predicted octanol–water partition coefficient (Wildman–Crippen LogP) is 0.709. The largest absolute Gasteiger partial charge is 0.469 e. The Morgan fingerprint density at radius 1 is 0.931 bits per heavy atom. The van der Waals surface area contributed by atoms with Crippen molar-refractivity contribution in [3.8, 4) is 11.5 Å². The first kappa shape index (κ1) is 21.2. The molecule has 8 heteroatoms.